The number of hydrogen-bond acceptors (Lipinski definition) is 7. The predicted molar refractivity (Wildman–Crippen MR) is 116 cm³/mol. The number of benzene rings is 1. The van der Waals surface area contributed by atoms with E-state index in [1.807, 2.05) is 24.3 Å². The van der Waals surface area contributed by atoms with Crippen LogP contribution in [0.15, 0.2) is 40.5 Å². The first-order chi connectivity index (χ1) is 13.8. The first-order valence-electron chi connectivity index (χ1n) is 9.03. The summed E-state index contributed by atoms with van der Waals surface area (Å²) in [6.07, 6.45) is 6.24. The van der Waals surface area contributed by atoms with Crippen LogP contribution in [-0.2, 0) is 17.6 Å². The number of anilines is 1. The fourth-order valence-corrected chi connectivity index (χ4v) is 6.09. The Morgan fingerprint density at radius 3 is 2.96 bits per heavy atom. The monoisotopic (exact) mass is 426 g/mol. The van der Waals surface area contributed by atoms with E-state index in [-0.39, 0.29) is 11.7 Å². The molecule has 4 rings (SSSR count). The van der Waals surface area contributed by atoms with Gasteiger partial charge in [0.05, 0.1) is 23.3 Å². The lowest BCUT2D eigenvalue weighted by Crippen LogP contribution is -2.14. The molecular weight excluding hydrogens is 408 g/mol. The van der Waals surface area contributed by atoms with Crippen molar-refractivity contribution in [2.45, 2.75) is 35.6 Å². The maximum absolute atomic E-state index is 12.5. The minimum absolute atomic E-state index is 0.0779. The first-order valence-corrected chi connectivity index (χ1v) is 11.8. The standard InChI is InChI=1S/C20H18N4OS3/c21-9-10-26-16-8-4-2-6-14(16)24-17(25)11-27-19-18-13-5-1-3-7-15(13)28-20(18)23-12-22-19/h2,4,6,8,12H,1,3,5,7,10-11H2,(H,24,25). The number of amides is 1. The zero-order valence-corrected chi connectivity index (χ0v) is 17.6. The Labute approximate surface area is 176 Å². The Bertz CT molecular complexity index is 1060. The van der Waals surface area contributed by atoms with Crippen molar-refractivity contribution in [3.63, 3.8) is 0 Å². The number of para-hydroxylation sites is 1. The van der Waals surface area contributed by atoms with Gasteiger partial charge in [0, 0.05) is 15.2 Å². The summed E-state index contributed by atoms with van der Waals surface area (Å²) in [6.45, 7) is 0. The van der Waals surface area contributed by atoms with Gasteiger partial charge in [0.15, 0.2) is 0 Å². The van der Waals surface area contributed by atoms with E-state index in [0.717, 1.165) is 38.7 Å². The Balaban J connectivity index is 1.48. The van der Waals surface area contributed by atoms with Gasteiger partial charge in [0.25, 0.3) is 0 Å². The molecule has 0 bridgehead atoms. The van der Waals surface area contributed by atoms with Gasteiger partial charge in [-0.25, -0.2) is 9.97 Å². The number of nitrogens with one attached hydrogen (secondary N) is 1. The Kier molecular flexibility index (Phi) is 6.15. The van der Waals surface area contributed by atoms with Crippen molar-refractivity contribution in [2.75, 3.05) is 16.8 Å². The molecule has 1 aliphatic rings. The van der Waals surface area contributed by atoms with Gasteiger partial charge in [0.2, 0.25) is 5.91 Å². The largest absolute Gasteiger partial charge is 0.324 e. The topological polar surface area (TPSA) is 78.7 Å². The summed E-state index contributed by atoms with van der Waals surface area (Å²) in [5, 5.41) is 13.8. The molecule has 142 valence electrons. The molecule has 0 atom stereocenters. The van der Waals surface area contributed by atoms with E-state index in [0.29, 0.717) is 5.75 Å². The van der Waals surface area contributed by atoms with Gasteiger partial charge < -0.3 is 5.32 Å². The lowest BCUT2D eigenvalue weighted by atomic mass is 9.97. The van der Waals surface area contributed by atoms with Crippen molar-refractivity contribution in [3.05, 3.63) is 41.0 Å². The van der Waals surface area contributed by atoms with Crippen LogP contribution >= 0.6 is 34.9 Å². The van der Waals surface area contributed by atoms with Crippen LogP contribution < -0.4 is 5.32 Å². The highest BCUT2D eigenvalue weighted by molar-refractivity contribution is 8.00. The van der Waals surface area contributed by atoms with Gasteiger partial charge in [-0.1, -0.05) is 23.9 Å². The summed E-state index contributed by atoms with van der Waals surface area (Å²) in [5.41, 5.74) is 2.13. The number of thiophene rings is 1. The quantitative estimate of drug-likeness (QED) is 0.445. The maximum Gasteiger partial charge on any atom is 0.234 e. The third-order valence-corrected chi connectivity index (χ3v) is 7.64. The second kappa shape index (κ2) is 8.95. The highest BCUT2D eigenvalue weighted by Crippen LogP contribution is 2.39. The van der Waals surface area contributed by atoms with Gasteiger partial charge in [-0.3, -0.25) is 4.79 Å². The fourth-order valence-electron chi connectivity index (χ4n) is 3.30. The van der Waals surface area contributed by atoms with Crippen molar-refractivity contribution in [2.24, 2.45) is 0 Å². The second-order valence-electron chi connectivity index (χ2n) is 6.35. The number of rotatable bonds is 6. The molecule has 28 heavy (non-hydrogen) atoms. The Morgan fingerprint density at radius 2 is 2.07 bits per heavy atom. The van der Waals surface area contributed by atoms with Crippen LogP contribution in [0.2, 0.25) is 0 Å². The first kappa shape index (κ1) is 19.2. The number of nitrogens with zero attached hydrogens (tertiary/aromatic N) is 3. The molecule has 3 aromatic rings. The molecule has 1 N–H and O–H groups in total. The van der Waals surface area contributed by atoms with Crippen molar-refractivity contribution in [3.8, 4) is 6.07 Å². The summed E-state index contributed by atoms with van der Waals surface area (Å²) in [4.78, 5) is 24.8. The predicted octanol–water partition coefficient (Wildman–Crippen LogP) is 4.92. The smallest absolute Gasteiger partial charge is 0.234 e. The summed E-state index contributed by atoms with van der Waals surface area (Å²) in [7, 11) is 0. The minimum atomic E-state index is -0.0779. The third-order valence-electron chi connectivity index (χ3n) is 4.51. The summed E-state index contributed by atoms with van der Waals surface area (Å²) < 4.78 is 0. The van der Waals surface area contributed by atoms with Crippen LogP contribution in [0.5, 0.6) is 0 Å². The molecule has 2 heterocycles. The molecule has 0 unspecified atom stereocenters. The molecule has 0 spiro atoms. The lowest BCUT2D eigenvalue weighted by Gasteiger charge is -2.12. The molecule has 0 saturated carbocycles. The van der Waals surface area contributed by atoms with Crippen molar-refractivity contribution < 1.29 is 4.79 Å². The molecular formula is C20H18N4OS3. The van der Waals surface area contributed by atoms with E-state index in [1.54, 1.807) is 17.7 Å². The van der Waals surface area contributed by atoms with Crippen molar-refractivity contribution in [1.82, 2.24) is 9.97 Å². The molecule has 8 heteroatoms. The van der Waals surface area contributed by atoms with Crippen LogP contribution in [0.4, 0.5) is 5.69 Å². The van der Waals surface area contributed by atoms with E-state index in [2.05, 4.69) is 21.4 Å². The zero-order chi connectivity index (χ0) is 19.3. The molecule has 5 nitrogen and oxygen atoms in total. The number of nitriles is 1. The summed E-state index contributed by atoms with van der Waals surface area (Å²) in [6, 6.07) is 9.67. The van der Waals surface area contributed by atoms with Crippen LogP contribution in [0.25, 0.3) is 10.2 Å². The van der Waals surface area contributed by atoms with Gasteiger partial charge in [-0.05, 0) is 43.4 Å². The Hall–Kier alpha value is -2.08. The van der Waals surface area contributed by atoms with Gasteiger partial charge in [0.1, 0.15) is 16.2 Å². The maximum atomic E-state index is 12.5. The molecule has 2 aromatic heterocycles. The fraction of sp³-hybridized carbons (Fsp3) is 0.300. The van der Waals surface area contributed by atoms with Crippen LogP contribution in [0.1, 0.15) is 23.3 Å². The van der Waals surface area contributed by atoms with E-state index >= 15 is 0 Å². The van der Waals surface area contributed by atoms with E-state index < -0.39 is 0 Å². The van der Waals surface area contributed by atoms with Crippen LogP contribution in [0, 0.1) is 11.3 Å². The normalized spacial score (nSPS) is 13.1. The minimum Gasteiger partial charge on any atom is -0.324 e. The zero-order valence-electron chi connectivity index (χ0n) is 15.1. The molecule has 1 amide bonds. The number of aryl methyl sites for hydroxylation is 2. The number of thioether (sulfide) groups is 2. The highest BCUT2D eigenvalue weighted by Gasteiger charge is 2.20. The average Bonchev–Trinajstić information content (AvgIpc) is 3.11. The average molecular weight is 427 g/mol. The molecule has 0 fully saturated rings. The number of fused-ring (bicyclic) bond motifs is 3. The summed E-state index contributed by atoms with van der Waals surface area (Å²) >= 11 is 4.65. The molecule has 1 aliphatic carbocycles. The molecule has 0 saturated heterocycles. The van der Waals surface area contributed by atoms with Gasteiger partial charge in [-0.2, -0.15) is 5.26 Å². The van der Waals surface area contributed by atoms with E-state index in [4.69, 9.17) is 5.26 Å². The number of carbonyl (C=O) groups is 1. The van der Waals surface area contributed by atoms with Crippen molar-refractivity contribution >= 4 is 56.7 Å². The van der Waals surface area contributed by atoms with Gasteiger partial charge >= 0.3 is 0 Å². The lowest BCUT2D eigenvalue weighted by molar-refractivity contribution is -0.113. The number of hydrogen-bond donors (Lipinski definition) is 1. The number of aromatic nitrogens is 2. The van der Waals surface area contributed by atoms with Crippen LogP contribution in [0.3, 0.4) is 0 Å². The second-order valence-corrected chi connectivity index (χ2v) is 9.41. The Morgan fingerprint density at radius 1 is 1.21 bits per heavy atom. The molecule has 0 aliphatic heterocycles. The van der Waals surface area contributed by atoms with Crippen molar-refractivity contribution in [1.29, 1.82) is 5.26 Å². The molecule has 1 aromatic carbocycles. The van der Waals surface area contributed by atoms with Crippen LogP contribution in [-0.4, -0.2) is 27.4 Å². The van der Waals surface area contributed by atoms with Gasteiger partial charge in [-0.15, -0.1) is 23.1 Å². The number of carbonyl (C=O) groups excluding carboxylic acids is 1. The summed E-state index contributed by atoms with van der Waals surface area (Å²) in [5.74, 6) is 0.559. The molecule has 0 radical (unpaired) electrons. The third kappa shape index (κ3) is 4.17. The highest BCUT2D eigenvalue weighted by atomic mass is 32.2. The van der Waals surface area contributed by atoms with E-state index in [9.17, 15) is 4.79 Å². The SMILES string of the molecule is N#CCSc1ccccc1NC(=O)CSc1ncnc2sc3c(c12)CCCC3. The van der Waals surface area contributed by atoms with E-state index in [1.165, 1.54) is 46.8 Å².